The smallest absolute Gasteiger partial charge is 0.550 e. The topological polar surface area (TPSA) is 141 Å². The van der Waals surface area contributed by atoms with E-state index in [4.69, 9.17) is 5.11 Å². The summed E-state index contributed by atoms with van der Waals surface area (Å²) in [5.41, 5.74) is -2.97. The van der Waals surface area contributed by atoms with Crippen molar-refractivity contribution in [2.24, 2.45) is 0 Å². The fourth-order valence-electron chi connectivity index (χ4n) is 0.684. The van der Waals surface area contributed by atoms with Gasteiger partial charge in [-0.2, -0.15) is 0 Å². The zero-order chi connectivity index (χ0) is 10.6. The van der Waals surface area contributed by atoms with Crippen LogP contribution >= 0.6 is 0 Å². The predicted octanol–water partition coefficient (Wildman–Crippen LogP) is -11.2. The van der Waals surface area contributed by atoms with E-state index in [1.54, 1.807) is 0 Å². The van der Waals surface area contributed by atoms with Crippen molar-refractivity contribution in [3.63, 3.8) is 0 Å². The molecule has 0 aromatic rings. The molecule has 9 heteroatoms. The van der Waals surface area contributed by atoms with Crippen LogP contribution < -0.4 is 53.0 Å². The monoisotopic (exact) mass is 203 g/mol. The molecule has 0 spiro atoms. The van der Waals surface area contributed by atoms with Gasteiger partial charge in [0.2, 0.25) is 0 Å². The molecular formula is C6H5Li2O7-. The van der Waals surface area contributed by atoms with Crippen LogP contribution in [0.2, 0.25) is 0 Å². The van der Waals surface area contributed by atoms with Crippen LogP contribution in [0.4, 0.5) is 0 Å². The summed E-state index contributed by atoms with van der Waals surface area (Å²) in [7, 11) is 0. The van der Waals surface area contributed by atoms with Crippen molar-refractivity contribution in [3.05, 3.63) is 0 Å². The number of carboxylic acid groups (broad SMARTS) is 3. The zero-order valence-corrected chi connectivity index (χ0v) is 8.31. The van der Waals surface area contributed by atoms with E-state index in [2.05, 4.69) is 0 Å². The third kappa shape index (κ3) is 7.49. The van der Waals surface area contributed by atoms with Crippen molar-refractivity contribution in [2.75, 3.05) is 0 Å². The third-order valence-corrected chi connectivity index (χ3v) is 1.25. The number of carbonyl (C=O) groups excluding carboxylic acids is 3. The summed E-state index contributed by atoms with van der Waals surface area (Å²) < 4.78 is 0. The predicted molar refractivity (Wildman–Crippen MR) is 29.2 cm³/mol. The van der Waals surface area contributed by atoms with Gasteiger partial charge in [0, 0.05) is 24.8 Å². The first-order chi connectivity index (χ1) is 5.78. The summed E-state index contributed by atoms with van der Waals surface area (Å²) in [6.45, 7) is 0. The molecule has 15 heavy (non-hydrogen) atoms. The van der Waals surface area contributed by atoms with Gasteiger partial charge in [0.25, 0.3) is 0 Å². The van der Waals surface area contributed by atoms with Crippen molar-refractivity contribution >= 4 is 17.9 Å². The summed E-state index contributed by atoms with van der Waals surface area (Å²) in [6, 6.07) is 0. The average molecular weight is 203 g/mol. The molecule has 0 amide bonds. The van der Waals surface area contributed by atoms with Crippen LogP contribution in [0.3, 0.4) is 0 Å². The molecule has 74 valence electrons. The minimum atomic E-state index is -2.97. The molecule has 0 aliphatic carbocycles. The Morgan fingerprint density at radius 1 is 0.933 bits per heavy atom. The SMILES string of the molecule is O=C([O-])CC(O)(CC(=O)[O-])C(=O)[O-].[Li+].[Li+]. The number of aliphatic carboxylic acids is 3. The quantitative estimate of drug-likeness (QED) is 0.437. The van der Waals surface area contributed by atoms with Gasteiger partial charge in [-0.05, 0) is 0 Å². The second kappa shape index (κ2) is 7.80. The number of hydrogen-bond donors (Lipinski definition) is 1. The van der Waals surface area contributed by atoms with E-state index in [1.165, 1.54) is 0 Å². The molecule has 0 rings (SSSR count). The molecule has 0 saturated carbocycles. The zero-order valence-electron chi connectivity index (χ0n) is 8.31. The molecule has 0 aromatic carbocycles. The van der Waals surface area contributed by atoms with Crippen LogP contribution in [0.1, 0.15) is 12.8 Å². The number of rotatable bonds is 5. The standard InChI is InChI=1S/C6H8O7.2Li/c7-3(8)1-6(13,5(11)12)2-4(9)10;;/h13H,1-2H2,(H,7,8)(H,9,10)(H,11,12);;/q;2*+1/p-3. The Balaban J connectivity index is -0.000000720. The minimum absolute atomic E-state index is 0. The summed E-state index contributed by atoms with van der Waals surface area (Å²) in [4.78, 5) is 30.0. The summed E-state index contributed by atoms with van der Waals surface area (Å²) in [6.07, 6.45) is -2.72. The van der Waals surface area contributed by atoms with E-state index in [1.807, 2.05) is 0 Å². The molecule has 0 aliphatic heterocycles. The van der Waals surface area contributed by atoms with E-state index in [0.29, 0.717) is 0 Å². The molecule has 0 fully saturated rings. The Morgan fingerprint density at radius 2 is 1.20 bits per heavy atom. The maximum Gasteiger partial charge on any atom is 1.00 e. The van der Waals surface area contributed by atoms with Gasteiger partial charge in [-0.3, -0.25) is 0 Å². The molecule has 0 radical (unpaired) electrons. The van der Waals surface area contributed by atoms with Crippen molar-refractivity contribution in [3.8, 4) is 0 Å². The van der Waals surface area contributed by atoms with E-state index in [-0.39, 0.29) is 37.7 Å². The summed E-state index contributed by atoms with van der Waals surface area (Å²) in [5, 5.41) is 38.9. The summed E-state index contributed by atoms with van der Waals surface area (Å²) >= 11 is 0. The molecule has 0 aromatic heterocycles. The Morgan fingerprint density at radius 3 is 1.33 bits per heavy atom. The van der Waals surface area contributed by atoms with Gasteiger partial charge < -0.3 is 34.8 Å². The average Bonchev–Trinajstić information content (AvgIpc) is 1.82. The molecule has 0 atom stereocenters. The number of carbonyl (C=O) groups is 3. The second-order valence-electron chi connectivity index (χ2n) is 2.42. The molecule has 0 saturated heterocycles. The second-order valence-corrected chi connectivity index (χ2v) is 2.42. The molecule has 0 bridgehead atoms. The first-order valence-electron chi connectivity index (χ1n) is 3.11. The third-order valence-electron chi connectivity index (χ3n) is 1.25. The molecule has 0 heterocycles. The van der Waals surface area contributed by atoms with E-state index in [0.717, 1.165) is 0 Å². The largest absolute Gasteiger partial charge is 1.00 e. The molecule has 7 nitrogen and oxygen atoms in total. The van der Waals surface area contributed by atoms with Gasteiger partial charge in [0.15, 0.2) is 0 Å². The summed E-state index contributed by atoms with van der Waals surface area (Å²) in [5.74, 6) is -5.98. The Hall–Kier alpha value is -0.435. The number of hydrogen-bond acceptors (Lipinski definition) is 7. The first-order valence-corrected chi connectivity index (χ1v) is 3.11. The number of aliphatic hydroxyl groups is 1. The minimum Gasteiger partial charge on any atom is -0.550 e. The molecule has 0 aliphatic rings. The van der Waals surface area contributed by atoms with Crippen LogP contribution in [-0.2, 0) is 14.4 Å². The number of carboxylic acids is 3. The Kier molecular flexibility index (Phi) is 10.4. The van der Waals surface area contributed by atoms with Gasteiger partial charge in [0.05, 0.1) is 5.97 Å². The fourth-order valence-corrected chi connectivity index (χ4v) is 0.684. The van der Waals surface area contributed by atoms with Gasteiger partial charge >= 0.3 is 37.7 Å². The normalized spacial score (nSPS) is 9.40. The van der Waals surface area contributed by atoms with Crippen molar-refractivity contribution in [2.45, 2.75) is 18.4 Å². The van der Waals surface area contributed by atoms with E-state index in [9.17, 15) is 29.7 Å². The first kappa shape index (κ1) is 20.0. The van der Waals surface area contributed by atoms with E-state index < -0.39 is 36.4 Å². The van der Waals surface area contributed by atoms with Crippen LogP contribution in [0, 0.1) is 0 Å². The van der Waals surface area contributed by atoms with Crippen LogP contribution in [-0.4, -0.2) is 28.6 Å². The van der Waals surface area contributed by atoms with Crippen molar-refractivity contribution in [1.82, 2.24) is 0 Å². The Bertz CT molecular complexity index is 236. The van der Waals surface area contributed by atoms with Gasteiger partial charge in [-0.1, -0.05) is 0 Å². The Labute approximate surface area is 109 Å². The van der Waals surface area contributed by atoms with Crippen molar-refractivity contribution in [1.29, 1.82) is 0 Å². The van der Waals surface area contributed by atoms with Crippen LogP contribution in [0.5, 0.6) is 0 Å². The molecular weight excluding hydrogens is 198 g/mol. The van der Waals surface area contributed by atoms with Crippen LogP contribution in [0.15, 0.2) is 0 Å². The maximum atomic E-state index is 10.1. The van der Waals surface area contributed by atoms with Gasteiger partial charge in [-0.15, -0.1) is 0 Å². The van der Waals surface area contributed by atoms with Crippen molar-refractivity contribution < 1.29 is 72.5 Å². The molecule has 0 unspecified atom stereocenters. The van der Waals surface area contributed by atoms with Gasteiger partial charge in [0.1, 0.15) is 5.60 Å². The van der Waals surface area contributed by atoms with E-state index >= 15 is 0 Å². The fraction of sp³-hybridized carbons (Fsp3) is 0.500. The molecule has 1 N–H and O–H groups in total. The van der Waals surface area contributed by atoms with Crippen LogP contribution in [0.25, 0.3) is 0 Å². The maximum absolute atomic E-state index is 10.1. The van der Waals surface area contributed by atoms with Gasteiger partial charge in [-0.25, -0.2) is 0 Å².